The number of hydrogen-bond acceptors (Lipinski definition) is 3. The van der Waals surface area contributed by atoms with Crippen LogP contribution < -0.4 is 4.90 Å². The van der Waals surface area contributed by atoms with Crippen molar-refractivity contribution >= 4 is 45.7 Å². The zero-order valence-electron chi connectivity index (χ0n) is 18.3. The predicted molar refractivity (Wildman–Crippen MR) is 132 cm³/mol. The van der Waals surface area contributed by atoms with E-state index in [4.69, 9.17) is 23.2 Å². The summed E-state index contributed by atoms with van der Waals surface area (Å²) in [4.78, 5) is 22.2. The largest absolute Gasteiger partial charge is 0.371 e. The highest BCUT2D eigenvalue weighted by atomic mass is 35.5. The Balaban J connectivity index is 1.24. The minimum absolute atomic E-state index is 0.131. The Labute approximate surface area is 199 Å². The maximum Gasteiger partial charge on any atom is 0.254 e. The van der Waals surface area contributed by atoms with Crippen LogP contribution >= 0.6 is 23.2 Å². The monoisotopic (exact) mass is 467 g/mol. The predicted octanol–water partition coefficient (Wildman–Crippen LogP) is 6.37. The summed E-state index contributed by atoms with van der Waals surface area (Å²) in [6.07, 6.45) is 6.17. The first-order valence-corrected chi connectivity index (χ1v) is 12.0. The maximum atomic E-state index is 13.4. The number of nitrogens with zero attached hydrogens (tertiary/aromatic N) is 3. The number of pyridine rings is 1. The Morgan fingerprint density at radius 3 is 2.34 bits per heavy atom. The van der Waals surface area contributed by atoms with E-state index in [0.29, 0.717) is 15.5 Å². The molecule has 0 atom stereocenters. The lowest BCUT2D eigenvalue weighted by Gasteiger charge is -2.47. The first kappa shape index (κ1) is 21.5. The van der Waals surface area contributed by atoms with E-state index in [1.165, 1.54) is 0 Å². The number of piperidine rings is 2. The number of fused-ring (bicyclic) bond motifs is 1. The topological polar surface area (TPSA) is 36.4 Å². The molecule has 1 amide bonds. The van der Waals surface area contributed by atoms with Crippen LogP contribution in [0.3, 0.4) is 0 Å². The summed E-state index contributed by atoms with van der Waals surface area (Å²) in [5, 5.41) is 2.15. The number of carbonyl (C=O) groups is 1. The summed E-state index contributed by atoms with van der Waals surface area (Å²) in [7, 11) is 0. The van der Waals surface area contributed by atoms with Crippen molar-refractivity contribution in [1.29, 1.82) is 0 Å². The van der Waals surface area contributed by atoms with Crippen molar-refractivity contribution in [2.75, 3.05) is 31.1 Å². The van der Waals surface area contributed by atoms with Gasteiger partial charge in [-0.2, -0.15) is 0 Å². The van der Waals surface area contributed by atoms with Gasteiger partial charge in [-0.15, -0.1) is 0 Å². The van der Waals surface area contributed by atoms with Crippen LogP contribution in [-0.2, 0) is 0 Å². The average Bonchev–Trinajstić information content (AvgIpc) is 2.81. The quantitative estimate of drug-likeness (QED) is 0.438. The molecule has 0 N–H and O–H groups in total. The minimum atomic E-state index is 0.131. The number of aromatic nitrogens is 1. The van der Waals surface area contributed by atoms with Gasteiger partial charge >= 0.3 is 0 Å². The van der Waals surface area contributed by atoms with Crippen molar-refractivity contribution < 1.29 is 4.79 Å². The fraction of sp³-hybridized carbons (Fsp3) is 0.385. The van der Waals surface area contributed by atoms with Crippen molar-refractivity contribution in [1.82, 2.24) is 9.88 Å². The van der Waals surface area contributed by atoms with Crippen molar-refractivity contribution in [3.05, 3.63) is 69.8 Å². The van der Waals surface area contributed by atoms with Crippen molar-refractivity contribution in [3.8, 4) is 0 Å². The van der Waals surface area contributed by atoms with Crippen LogP contribution in [0, 0.1) is 12.3 Å². The summed E-state index contributed by atoms with van der Waals surface area (Å²) >= 11 is 12.3. The van der Waals surface area contributed by atoms with Gasteiger partial charge in [0.1, 0.15) is 0 Å². The Bertz CT molecular complexity index is 1160. The van der Waals surface area contributed by atoms with E-state index in [2.05, 4.69) is 22.9 Å². The molecular formula is C26H27Cl2N3O. The van der Waals surface area contributed by atoms with Gasteiger partial charge in [-0.25, -0.2) is 0 Å². The summed E-state index contributed by atoms with van der Waals surface area (Å²) in [5.74, 6) is 0.131. The van der Waals surface area contributed by atoms with Crippen LogP contribution in [0.1, 0.15) is 41.6 Å². The number of halogens is 2. The summed E-state index contributed by atoms with van der Waals surface area (Å²) in [6.45, 7) is 5.72. The molecular weight excluding hydrogens is 441 g/mol. The third kappa shape index (κ3) is 4.06. The summed E-state index contributed by atoms with van der Waals surface area (Å²) in [6, 6.07) is 13.9. The minimum Gasteiger partial charge on any atom is -0.371 e. The number of anilines is 1. The molecule has 6 heteroatoms. The SMILES string of the molecule is Cc1ccc2nccc(C(=O)N3CCC4(CC3)CCN(c3ccc(Cl)c(Cl)c3)CC4)c2c1. The van der Waals surface area contributed by atoms with Gasteiger partial charge in [0, 0.05) is 43.4 Å². The van der Waals surface area contributed by atoms with E-state index >= 15 is 0 Å². The number of hydrogen-bond donors (Lipinski definition) is 0. The molecule has 0 unspecified atom stereocenters. The molecule has 2 aliphatic rings. The maximum absolute atomic E-state index is 13.4. The van der Waals surface area contributed by atoms with Crippen molar-refractivity contribution in [2.24, 2.45) is 5.41 Å². The number of amides is 1. The molecule has 1 aromatic heterocycles. The highest BCUT2D eigenvalue weighted by molar-refractivity contribution is 6.42. The number of likely N-dealkylation sites (tertiary alicyclic amines) is 1. The first-order chi connectivity index (χ1) is 15.4. The lowest BCUT2D eigenvalue weighted by molar-refractivity contribution is 0.0516. The van der Waals surface area contributed by atoms with Gasteiger partial charge in [0.05, 0.1) is 21.1 Å². The van der Waals surface area contributed by atoms with E-state index in [1.54, 1.807) is 6.20 Å². The standard InChI is InChI=1S/C26H27Cl2N3O/c1-18-2-5-24-21(16-18)20(6-11-29-24)25(32)31-14-9-26(10-15-31)7-12-30(13-8-26)19-3-4-22(27)23(28)17-19/h2-6,11,16-17H,7-10,12-15H2,1H3. The van der Waals surface area contributed by atoms with Gasteiger partial charge in [0.15, 0.2) is 0 Å². The Kier molecular flexibility index (Phi) is 5.77. The van der Waals surface area contributed by atoms with Gasteiger partial charge in [-0.1, -0.05) is 34.8 Å². The normalized spacial score (nSPS) is 18.3. The second kappa shape index (κ2) is 8.57. The van der Waals surface area contributed by atoms with Crippen LogP contribution in [0.2, 0.25) is 10.0 Å². The number of rotatable bonds is 2. The van der Waals surface area contributed by atoms with Crippen LogP contribution in [0.5, 0.6) is 0 Å². The zero-order chi connectivity index (χ0) is 22.3. The molecule has 3 heterocycles. The fourth-order valence-electron chi connectivity index (χ4n) is 5.22. The van der Waals surface area contributed by atoms with Crippen molar-refractivity contribution in [2.45, 2.75) is 32.6 Å². The summed E-state index contributed by atoms with van der Waals surface area (Å²) < 4.78 is 0. The molecule has 32 heavy (non-hydrogen) atoms. The molecule has 0 aliphatic carbocycles. The van der Waals surface area contributed by atoms with Gasteiger partial charge in [0.2, 0.25) is 0 Å². The summed E-state index contributed by atoms with van der Waals surface area (Å²) in [5.41, 5.74) is 4.27. The molecule has 2 aliphatic heterocycles. The van der Waals surface area contributed by atoms with Gasteiger partial charge in [-0.05, 0) is 74.4 Å². The fourth-order valence-corrected chi connectivity index (χ4v) is 5.51. The lowest BCUT2D eigenvalue weighted by Crippen LogP contribution is -2.48. The van der Waals surface area contributed by atoms with Gasteiger partial charge < -0.3 is 9.80 Å². The first-order valence-electron chi connectivity index (χ1n) is 11.3. The molecule has 2 aromatic carbocycles. The molecule has 0 radical (unpaired) electrons. The third-order valence-electron chi connectivity index (χ3n) is 7.33. The Morgan fingerprint density at radius 2 is 1.62 bits per heavy atom. The van der Waals surface area contributed by atoms with E-state index in [-0.39, 0.29) is 5.91 Å². The van der Waals surface area contributed by atoms with E-state index in [9.17, 15) is 4.79 Å². The molecule has 166 valence electrons. The smallest absolute Gasteiger partial charge is 0.254 e. The molecule has 4 nitrogen and oxygen atoms in total. The number of aryl methyl sites for hydroxylation is 1. The van der Waals surface area contributed by atoms with Crippen LogP contribution in [-0.4, -0.2) is 42.0 Å². The van der Waals surface area contributed by atoms with Crippen LogP contribution in [0.4, 0.5) is 5.69 Å². The zero-order valence-corrected chi connectivity index (χ0v) is 19.8. The molecule has 5 rings (SSSR count). The third-order valence-corrected chi connectivity index (χ3v) is 8.07. The Hall–Kier alpha value is -2.30. The highest BCUT2D eigenvalue weighted by Crippen LogP contribution is 2.43. The Morgan fingerprint density at radius 1 is 0.906 bits per heavy atom. The van der Waals surface area contributed by atoms with E-state index in [0.717, 1.165) is 79.6 Å². The van der Waals surface area contributed by atoms with Crippen LogP contribution in [0.15, 0.2) is 48.7 Å². The molecule has 1 spiro atoms. The molecule has 0 bridgehead atoms. The van der Waals surface area contributed by atoms with E-state index in [1.807, 2.05) is 41.3 Å². The number of carbonyl (C=O) groups excluding carboxylic acids is 1. The second-order valence-electron chi connectivity index (χ2n) is 9.26. The van der Waals surface area contributed by atoms with Crippen LogP contribution in [0.25, 0.3) is 10.9 Å². The van der Waals surface area contributed by atoms with E-state index < -0.39 is 0 Å². The average molecular weight is 468 g/mol. The van der Waals surface area contributed by atoms with Gasteiger partial charge in [-0.3, -0.25) is 9.78 Å². The van der Waals surface area contributed by atoms with Crippen molar-refractivity contribution in [3.63, 3.8) is 0 Å². The molecule has 2 fully saturated rings. The second-order valence-corrected chi connectivity index (χ2v) is 10.1. The van der Waals surface area contributed by atoms with Gasteiger partial charge in [0.25, 0.3) is 5.91 Å². The lowest BCUT2D eigenvalue weighted by atomic mass is 9.71. The molecule has 0 saturated carbocycles. The highest BCUT2D eigenvalue weighted by Gasteiger charge is 2.39. The number of benzene rings is 2. The molecule has 2 saturated heterocycles. The molecule has 3 aromatic rings.